The van der Waals surface area contributed by atoms with Crippen LogP contribution in [-0.4, -0.2) is 5.78 Å². The molecular weight excluding hydrogens is 339 g/mol. The molecule has 0 saturated carbocycles. The summed E-state index contributed by atoms with van der Waals surface area (Å²) in [5.74, 6) is -0.566. The van der Waals surface area contributed by atoms with E-state index in [1.807, 2.05) is 6.92 Å². The second-order valence-electron chi connectivity index (χ2n) is 3.81. The Kier molecular flexibility index (Phi) is 4.20. The van der Waals surface area contributed by atoms with Gasteiger partial charge in [0.25, 0.3) is 0 Å². The first-order chi connectivity index (χ1) is 8.49. The zero-order chi connectivity index (χ0) is 13.3. The van der Waals surface area contributed by atoms with Gasteiger partial charge in [0, 0.05) is 26.4 Å². The Balaban J connectivity index is 2.27. The summed E-state index contributed by atoms with van der Waals surface area (Å²) in [7, 11) is 0. The Hall–Kier alpha value is -0.710. The van der Waals surface area contributed by atoms with Crippen LogP contribution >= 0.6 is 38.9 Å². The van der Waals surface area contributed by atoms with E-state index in [9.17, 15) is 9.18 Å². The molecule has 18 heavy (non-hydrogen) atoms. The highest BCUT2D eigenvalue weighted by Gasteiger charge is 2.16. The van der Waals surface area contributed by atoms with Crippen LogP contribution in [0.5, 0.6) is 0 Å². The molecule has 0 amide bonds. The number of hydrogen-bond acceptors (Lipinski definition) is 2. The quantitative estimate of drug-likeness (QED) is 0.711. The molecule has 2 rings (SSSR count). The van der Waals surface area contributed by atoms with Crippen LogP contribution in [0.2, 0.25) is 5.02 Å². The van der Waals surface area contributed by atoms with E-state index in [1.54, 1.807) is 12.1 Å². The van der Waals surface area contributed by atoms with Crippen molar-refractivity contribution in [3.8, 4) is 0 Å². The fraction of sp³-hybridized carbons (Fsp3) is 0.154. The number of carbonyl (C=O) groups excluding carboxylic acids is 1. The van der Waals surface area contributed by atoms with Crippen LogP contribution in [0.4, 0.5) is 4.39 Å². The highest BCUT2D eigenvalue weighted by atomic mass is 79.9. The van der Waals surface area contributed by atoms with Gasteiger partial charge >= 0.3 is 0 Å². The predicted octanol–water partition coefficient (Wildman–Crippen LogP) is 5.04. The van der Waals surface area contributed by atoms with Crippen molar-refractivity contribution in [2.24, 2.45) is 0 Å². The molecule has 0 aliphatic heterocycles. The minimum absolute atomic E-state index is 0.0160. The Bertz CT molecular complexity index is 569. The van der Waals surface area contributed by atoms with E-state index in [0.29, 0.717) is 4.88 Å². The van der Waals surface area contributed by atoms with Crippen LogP contribution in [0, 0.1) is 12.7 Å². The summed E-state index contributed by atoms with van der Waals surface area (Å²) in [5, 5.41) is 0.288. The molecule has 0 unspecified atom stereocenters. The average Bonchev–Trinajstić information content (AvgIpc) is 2.64. The van der Waals surface area contributed by atoms with Crippen LogP contribution in [0.25, 0.3) is 0 Å². The fourth-order valence-corrected chi connectivity index (χ4v) is 3.25. The van der Waals surface area contributed by atoms with Gasteiger partial charge in [0.15, 0.2) is 5.78 Å². The van der Waals surface area contributed by atoms with E-state index in [-0.39, 0.29) is 22.8 Å². The third-order valence-electron chi connectivity index (χ3n) is 2.53. The molecule has 5 heteroatoms. The Morgan fingerprint density at radius 1 is 1.50 bits per heavy atom. The molecule has 0 spiro atoms. The third kappa shape index (κ3) is 2.82. The van der Waals surface area contributed by atoms with Gasteiger partial charge in [-0.25, -0.2) is 4.39 Å². The van der Waals surface area contributed by atoms with Crippen molar-refractivity contribution in [3.05, 3.63) is 54.9 Å². The van der Waals surface area contributed by atoms with Gasteiger partial charge in [-0.3, -0.25) is 4.79 Å². The highest BCUT2D eigenvalue weighted by Crippen LogP contribution is 2.28. The predicted molar refractivity (Wildman–Crippen MR) is 76.2 cm³/mol. The molecule has 94 valence electrons. The number of thiophene rings is 1. The van der Waals surface area contributed by atoms with Gasteiger partial charge in [0.1, 0.15) is 5.82 Å². The molecule has 1 aromatic heterocycles. The lowest BCUT2D eigenvalue weighted by molar-refractivity contribution is 0.0995. The molecule has 0 bridgehead atoms. The monoisotopic (exact) mass is 346 g/mol. The maximum absolute atomic E-state index is 13.6. The molecule has 0 fully saturated rings. The molecule has 0 aliphatic rings. The van der Waals surface area contributed by atoms with Crippen LogP contribution in [-0.2, 0) is 6.42 Å². The lowest BCUT2D eigenvalue weighted by Gasteiger charge is -2.03. The maximum atomic E-state index is 13.6. The van der Waals surface area contributed by atoms with Crippen molar-refractivity contribution in [1.82, 2.24) is 0 Å². The van der Waals surface area contributed by atoms with Gasteiger partial charge in [0.05, 0.1) is 4.88 Å². The Labute approximate surface area is 122 Å². The summed E-state index contributed by atoms with van der Waals surface area (Å²) >= 11 is 10.6. The van der Waals surface area contributed by atoms with Gasteiger partial charge in [0.2, 0.25) is 0 Å². The largest absolute Gasteiger partial charge is 0.293 e. The number of carbonyl (C=O) groups is 1. The lowest BCUT2D eigenvalue weighted by Crippen LogP contribution is -2.04. The summed E-state index contributed by atoms with van der Waals surface area (Å²) in [6.07, 6.45) is -0.0160. The summed E-state index contributed by atoms with van der Waals surface area (Å²) < 4.78 is 14.5. The SMILES string of the molecule is Cc1sc(C(=O)Cc2c(F)cccc2Cl)cc1Br. The van der Waals surface area contributed by atoms with Gasteiger partial charge in [-0.05, 0) is 41.1 Å². The van der Waals surface area contributed by atoms with Gasteiger partial charge in [-0.1, -0.05) is 17.7 Å². The van der Waals surface area contributed by atoms with Crippen molar-refractivity contribution in [2.45, 2.75) is 13.3 Å². The summed E-state index contributed by atoms with van der Waals surface area (Å²) in [6.45, 7) is 1.92. The number of halogens is 3. The van der Waals surface area contributed by atoms with Crippen LogP contribution in [0.15, 0.2) is 28.7 Å². The van der Waals surface area contributed by atoms with E-state index < -0.39 is 5.82 Å². The summed E-state index contributed by atoms with van der Waals surface area (Å²) in [4.78, 5) is 13.7. The second kappa shape index (κ2) is 5.51. The molecule has 0 atom stereocenters. The zero-order valence-electron chi connectivity index (χ0n) is 9.47. The smallest absolute Gasteiger partial charge is 0.177 e. The van der Waals surface area contributed by atoms with Gasteiger partial charge in [-0.2, -0.15) is 0 Å². The number of aryl methyl sites for hydroxylation is 1. The second-order valence-corrected chi connectivity index (χ2v) is 6.33. The third-order valence-corrected chi connectivity index (χ3v) is 5.06. The van der Waals surface area contributed by atoms with Crippen LogP contribution in [0.3, 0.4) is 0 Å². The fourth-order valence-electron chi connectivity index (χ4n) is 1.55. The Morgan fingerprint density at radius 2 is 2.22 bits per heavy atom. The minimum Gasteiger partial charge on any atom is -0.293 e. The number of rotatable bonds is 3. The van der Waals surface area contributed by atoms with E-state index >= 15 is 0 Å². The van der Waals surface area contributed by atoms with Crippen molar-refractivity contribution >= 4 is 44.7 Å². The highest BCUT2D eigenvalue weighted by molar-refractivity contribution is 9.10. The summed E-state index contributed by atoms with van der Waals surface area (Å²) in [5.41, 5.74) is 0.256. The number of ketones is 1. The standard InChI is InChI=1S/C13H9BrClFOS/c1-7-9(14)6-13(18-7)12(17)5-8-10(15)3-2-4-11(8)16/h2-4,6H,5H2,1H3. The van der Waals surface area contributed by atoms with E-state index in [4.69, 9.17) is 11.6 Å². The maximum Gasteiger partial charge on any atom is 0.177 e. The average molecular weight is 348 g/mol. The normalized spacial score (nSPS) is 10.7. The van der Waals surface area contributed by atoms with Crippen molar-refractivity contribution in [2.75, 3.05) is 0 Å². The van der Waals surface area contributed by atoms with Crippen molar-refractivity contribution < 1.29 is 9.18 Å². The number of Topliss-reactive ketones (excluding diaryl/α,β-unsaturated/α-hetero) is 1. The molecule has 2 aromatic rings. The first kappa shape index (κ1) is 13.7. The first-order valence-corrected chi connectivity index (χ1v) is 7.20. The molecule has 1 heterocycles. The molecule has 1 aromatic carbocycles. The zero-order valence-corrected chi connectivity index (χ0v) is 12.6. The van der Waals surface area contributed by atoms with Crippen LogP contribution in [0.1, 0.15) is 20.1 Å². The Morgan fingerprint density at radius 3 is 2.78 bits per heavy atom. The van der Waals surface area contributed by atoms with E-state index in [0.717, 1.165) is 9.35 Å². The molecular formula is C13H9BrClFOS. The molecule has 0 radical (unpaired) electrons. The molecule has 0 aliphatic carbocycles. The lowest BCUT2D eigenvalue weighted by atomic mass is 10.1. The van der Waals surface area contributed by atoms with E-state index in [1.165, 1.54) is 23.5 Å². The minimum atomic E-state index is -0.441. The molecule has 0 saturated heterocycles. The molecule has 0 N–H and O–H groups in total. The molecule has 1 nitrogen and oxygen atoms in total. The van der Waals surface area contributed by atoms with Crippen molar-refractivity contribution in [1.29, 1.82) is 0 Å². The topological polar surface area (TPSA) is 17.1 Å². The van der Waals surface area contributed by atoms with Crippen LogP contribution < -0.4 is 0 Å². The first-order valence-electron chi connectivity index (χ1n) is 5.21. The van der Waals surface area contributed by atoms with E-state index in [2.05, 4.69) is 15.9 Å². The van der Waals surface area contributed by atoms with Gasteiger partial charge < -0.3 is 0 Å². The van der Waals surface area contributed by atoms with Gasteiger partial charge in [-0.15, -0.1) is 11.3 Å². The number of benzene rings is 1. The summed E-state index contributed by atoms with van der Waals surface area (Å²) in [6, 6.07) is 6.18. The number of hydrogen-bond donors (Lipinski definition) is 0. The van der Waals surface area contributed by atoms with Crippen molar-refractivity contribution in [3.63, 3.8) is 0 Å².